The molecular formula is C12H25NO2. The molecule has 1 saturated heterocycles. The summed E-state index contributed by atoms with van der Waals surface area (Å²) in [5.74, 6) is 0. The van der Waals surface area contributed by atoms with Crippen molar-refractivity contribution in [3.05, 3.63) is 0 Å². The first-order valence-electron chi connectivity index (χ1n) is 5.97. The highest BCUT2D eigenvalue weighted by atomic mass is 16.5. The van der Waals surface area contributed by atoms with Gasteiger partial charge in [-0.25, -0.2) is 0 Å². The number of likely N-dealkylation sites (tertiary alicyclic amines) is 1. The molecule has 1 heterocycles. The molecule has 1 aliphatic heterocycles. The number of likely N-dealkylation sites (N-methyl/N-ethyl adjacent to an activating group) is 1. The van der Waals surface area contributed by atoms with Gasteiger partial charge in [-0.05, 0) is 33.7 Å². The first-order chi connectivity index (χ1) is 6.94. The van der Waals surface area contributed by atoms with E-state index in [1.165, 1.54) is 0 Å². The van der Waals surface area contributed by atoms with Crippen LogP contribution in [-0.2, 0) is 4.74 Å². The molecule has 0 amide bonds. The summed E-state index contributed by atoms with van der Waals surface area (Å²) < 4.78 is 5.92. The molecule has 1 N–H and O–H groups in total. The van der Waals surface area contributed by atoms with Gasteiger partial charge in [-0.3, -0.25) is 4.90 Å². The van der Waals surface area contributed by atoms with Crippen molar-refractivity contribution in [2.24, 2.45) is 0 Å². The van der Waals surface area contributed by atoms with Gasteiger partial charge in [0.2, 0.25) is 0 Å². The van der Waals surface area contributed by atoms with Crippen LogP contribution in [0.4, 0.5) is 0 Å². The Balaban J connectivity index is 2.30. The number of aliphatic hydroxyl groups excluding tert-OH is 1. The minimum absolute atomic E-state index is 0.0247. The molecule has 0 aromatic carbocycles. The molecule has 0 spiro atoms. The molecule has 0 aromatic heterocycles. The molecule has 0 aliphatic carbocycles. The third kappa shape index (κ3) is 4.09. The Morgan fingerprint density at radius 2 is 2.13 bits per heavy atom. The zero-order valence-electron chi connectivity index (χ0n) is 10.5. The van der Waals surface area contributed by atoms with E-state index in [-0.39, 0.29) is 11.7 Å². The Morgan fingerprint density at radius 3 is 2.60 bits per heavy atom. The van der Waals surface area contributed by atoms with Crippen molar-refractivity contribution in [1.29, 1.82) is 0 Å². The Hall–Kier alpha value is -0.120. The van der Waals surface area contributed by atoms with Gasteiger partial charge in [0.1, 0.15) is 0 Å². The van der Waals surface area contributed by atoms with Gasteiger partial charge in [-0.2, -0.15) is 0 Å². The summed E-state index contributed by atoms with van der Waals surface area (Å²) in [6.07, 6.45) is 2.92. The minimum atomic E-state index is -0.169. The molecule has 0 bridgehead atoms. The molecular weight excluding hydrogens is 190 g/mol. The maximum absolute atomic E-state index is 9.51. The zero-order valence-corrected chi connectivity index (χ0v) is 10.5. The second-order valence-electron chi connectivity index (χ2n) is 5.30. The number of hydrogen-bond donors (Lipinski definition) is 1. The normalized spacial score (nSPS) is 28.6. The van der Waals surface area contributed by atoms with E-state index in [2.05, 4.69) is 32.7 Å². The lowest BCUT2D eigenvalue weighted by Crippen LogP contribution is -2.34. The lowest BCUT2D eigenvalue weighted by atomic mass is 10.0. The Morgan fingerprint density at radius 1 is 1.47 bits per heavy atom. The van der Waals surface area contributed by atoms with Gasteiger partial charge in [0.25, 0.3) is 0 Å². The molecule has 0 unspecified atom stereocenters. The predicted molar refractivity (Wildman–Crippen MR) is 62.0 cm³/mol. The van der Waals surface area contributed by atoms with Gasteiger partial charge in [0.15, 0.2) is 0 Å². The van der Waals surface area contributed by atoms with E-state index in [1.807, 2.05) is 0 Å². The summed E-state index contributed by atoms with van der Waals surface area (Å²) in [7, 11) is 2.05. The van der Waals surface area contributed by atoms with Crippen LogP contribution in [0.2, 0.25) is 0 Å². The quantitative estimate of drug-likeness (QED) is 0.757. The fraction of sp³-hybridized carbons (Fsp3) is 1.00. The highest BCUT2D eigenvalue weighted by Gasteiger charge is 2.29. The Labute approximate surface area is 93.4 Å². The molecule has 15 heavy (non-hydrogen) atoms. The summed E-state index contributed by atoms with van der Waals surface area (Å²) in [6, 6.07) is 0.385. The largest absolute Gasteiger partial charge is 0.392 e. The van der Waals surface area contributed by atoms with Crippen molar-refractivity contribution in [3.63, 3.8) is 0 Å². The van der Waals surface area contributed by atoms with Crippen molar-refractivity contribution in [2.75, 3.05) is 20.2 Å². The van der Waals surface area contributed by atoms with E-state index in [1.54, 1.807) is 0 Å². The summed E-state index contributed by atoms with van der Waals surface area (Å²) in [5, 5.41) is 9.51. The zero-order chi connectivity index (χ0) is 11.5. The van der Waals surface area contributed by atoms with E-state index in [0.717, 1.165) is 32.4 Å². The molecule has 0 aromatic rings. The third-order valence-corrected chi connectivity index (χ3v) is 3.18. The van der Waals surface area contributed by atoms with Crippen LogP contribution in [0.15, 0.2) is 0 Å². The minimum Gasteiger partial charge on any atom is -0.392 e. The SMILES string of the molecule is CCCC(C)(C)OC[C@H]1C[C@@H](O)CN1C. The van der Waals surface area contributed by atoms with Gasteiger partial charge in [-0.1, -0.05) is 13.3 Å². The van der Waals surface area contributed by atoms with Gasteiger partial charge < -0.3 is 9.84 Å². The van der Waals surface area contributed by atoms with Crippen molar-refractivity contribution in [1.82, 2.24) is 4.90 Å². The monoisotopic (exact) mass is 215 g/mol. The van der Waals surface area contributed by atoms with Crippen LogP contribution in [0, 0.1) is 0 Å². The second kappa shape index (κ2) is 5.28. The summed E-state index contributed by atoms with van der Waals surface area (Å²) in [4.78, 5) is 2.19. The van der Waals surface area contributed by atoms with Crippen LogP contribution in [0.3, 0.4) is 0 Å². The summed E-state index contributed by atoms with van der Waals surface area (Å²) >= 11 is 0. The number of nitrogens with zero attached hydrogens (tertiary/aromatic N) is 1. The van der Waals surface area contributed by atoms with Crippen LogP contribution in [-0.4, -0.2) is 48.0 Å². The van der Waals surface area contributed by atoms with Crippen molar-refractivity contribution < 1.29 is 9.84 Å². The summed E-state index contributed by atoms with van der Waals surface area (Å²) in [6.45, 7) is 7.98. The number of rotatable bonds is 5. The van der Waals surface area contributed by atoms with Crippen molar-refractivity contribution in [3.8, 4) is 0 Å². The molecule has 0 radical (unpaired) electrons. The predicted octanol–water partition coefficient (Wildman–Crippen LogP) is 1.65. The highest BCUT2D eigenvalue weighted by Crippen LogP contribution is 2.21. The fourth-order valence-corrected chi connectivity index (χ4v) is 2.24. The fourth-order valence-electron chi connectivity index (χ4n) is 2.24. The average Bonchev–Trinajstić information content (AvgIpc) is 2.42. The molecule has 3 heteroatoms. The first kappa shape index (κ1) is 12.9. The van der Waals surface area contributed by atoms with E-state index in [0.29, 0.717) is 6.04 Å². The molecule has 3 nitrogen and oxygen atoms in total. The number of ether oxygens (including phenoxy) is 1. The van der Waals surface area contributed by atoms with Crippen LogP contribution >= 0.6 is 0 Å². The Kier molecular flexibility index (Phi) is 4.56. The summed E-state index contributed by atoms with van der Waals surface area (Å²) in [5.41, 5.74) is -0.0247. The standard InChI is InChI=1S/C12H25NO2/c1-5-6-12(2,3)15-9-10-7-11(14)8-13(10)4/h10-11,14H,5-9H2,1-4H3/t10-,11-/m1/s1. The highest BCUT2D eigenvalue weighted by molar-refractivity contribution is 4.83. The molecule has 1 fully saturated rings. The molecule has 0 saturated carbocycles. The van der Waals surface area contributed by atoms with Gasteiger partial charge >= 0.3 is 0 Å². The van der Waals surface area contributed by atoms with Crippen LogP contribution in [0.25, 0.3) is 0 Å². The number of aliphatic hydroxyl groups is 1. The number of β-amino-alcohol motifs (C(OH)–C–C–N with tert-alkyl or cyclic N) is 1. The Bertz CT molecular complexity index is 194. The van der Waals surface area contributed by atoms with E-state index >= 15 is 0 Å². The maximum Gasteiger partial charge on any atom is 0.0682 e. The van der Waals surface area contributed by atoms with Crippen LogP contribution in [0.1, 0.15) is 40.0 Å². The van der Waals surface area contributed by atoms with Gasteiger partial charge in [0, 0.05) is 12.6 Å². The van der Waals surface area contributed by atoms with E-state index in [4.69, 9.17) is 4.74 Å². The molecule has 90 valence electrons. The lowest BCUT2D eigenvalue weighted by Gasteiger charge is -2.28. The van der Waals surface area contributed by atoms with E-state index < -0.39 is 0 Å². The first-order valence-corrected chi connectivity index (χ1v) is 5.97. The van der Waals surface area contributed by atoms with Gasteiger partial charge in [0.05, 0.1) is 18.3 Å². The van der Waals surface area contributed by atoms with Crippen LogP contribution in [0.5, 0.6) is 0 Å². The smallest absolute Gasteiger partial charge is 0.0682 e. The third-order valence-electron chi connectivity index (χ3n) is 3.18. The van der Waals surface area contributed by atoms with E-state index in [9.17, 15) is 5.11 Å². The number of hydrogen-bond acceptors (Lipinski definition) is 3. The molecule has 1 aliphatic rings. The average molecular weight is 215 g/mol. The second-order valence-corrected chi connectivity index (χ2v) is 5.30. The van der Waals surface area contributed by atoms with Gasteiger partial charge in [-0.15, -0.1) is 0 Å². The molecule has 2 atom stereocenters. The van der Waals surface area contributed by atoms with Crippen molar-refractivity contribution in [2.45, 2.75) is 57.8 Å². The topological polar surface area (TPSA) is 32.7 Å². The van der Waals surface area contributed by atoms with Crippen LogP contribution < -0.4 is 0 Å². The van der Waals surface area contributed by atoms with Crippen molar-refractivity contribution >= 4 is 0 Å². The maximum atomic E-state index is 9.51. The molecule has 1 rings (SSSR count). The lowest BCUT2D eigenvalue weighted by molar-refractivity contribution is -0.0434.